The largest absolute Gasteiger partial charge is 0.462 e. The Morgan fingerprint density at radius 1 is 1.18 bits per heavy atom. The van der Waals surface area contributed by atoms with Gasteiger partial charge in [0, 0.05) is 33.7 Å². The molecule has 0 saturated heterocycles. The van der Waals surface area contributed by atoms with Crippen LogP contribution in [-0.4, -0.2) is 34.9 Å². The Kier molecular flexibility index (Phi) is 5.05. The topological polar surface area (TPSA) is 62.4 Å². The number of aromatic amines is 1. The highest BCUT2D eigenvalue weighted by Gasteiger charge is 2.27. The molecule has 1 N–H and O–H groups in total. The van der Waals surface area contributed by atoms with Crippen molar-refractivity contribution in [2.75, 3.05) is 13.2 Å². The third-order valence-electron chi connectivity index (χ3n) is 4.80. The van der Waals surface area contributed by atoms with Crippen molar-refractivity contribution in [3.05, 3.63) is 76.0 Å². The van der Waals surface area contributed by atoms with Crippen LogP contribution in [0.4, 0.5) is 0 Å². The van der Waals surface area contributed by atoms with E-state index >= 15 is 0 Å². The molecule has 3 aromatic rings. The third-order valence-corrected chi connectivity index (χ3v) is 5.29. The molecule has 28 heavy (non-hydrogen) atoms. The van der Waals surface area contributed by atoms with Gasteiger partial charge in [-0.05, 0) is 43.2 Å². The summed E-state index contributed by atoms with van der Waals surface area (Å²) in [5.41, 5.74) is 3.65. The number of ether oxygens (including phenoxy) is 1. The van der Waals surface area contributed by atoms with Gasteiger partial charge in [-0.1, -0.05) is 40.2 Å². The number of H-pyrrole nitrogens is 1. The summed E-state index contributed by atoms with van der Waals surface area (Å²) in [6, 6.07) is 15.2. The molecule has 0 bridgehead atoms. The van der Waals surface area contributed by atoms with Gasteiger partial charge in [0.05, 0.1) is 17.9 Å². The van der Waals surface area contributed by atoms with Gasteiger partial charge in [-0.3, -0.25) is 4.79 Å². The molecule has 0 aliphatic carbocycles. The van der Waals surface area contributed by atoms with Crippen molar-refractivity contribution in [2.24, 2.45) is 0 Å². The number of rotatable bonds is 3. The van der Waals surface area contributed by atoms with Gasteiger partial charge >= 0.3 is 5.97 Å². The Hall–Kier alpha value is -2.86. The summed E-state index contributed by atoms with van der Waals surface area (Å²) in [6.07, 6.45) is 2.25. The van der Waals surface area contributed by atoms with E-state index in [1.807, 2.05) is 36.4 Å². The average molecular weight is 439 g/mol. The second-order valence-electron chi connectivity index (χ2n) is 6.55. The molecule has 1 aliphatic heterocycles. The predicted molar refractivity (Wildman–Crippen MR) is 112 cm³/mol. The molecule has 2 aromatic carbocycles. The van der Waals surface area contributed by atoms with Crippen LogP contribution >= 0.6 is 15.9 Å². The maximum atomic E-state index is 13.1. The zero-order valence-electron chi connectivity index (χ0n) is 15.4. The summed E-state index contributed by atoms with van der Waals surface area (Å²) in [5.74, 6) is -0.596. The Morgan fingerprint density at radius 3 is 2.79 bits per heavy atom. The molecular weight excluding hydrogens is 420 g/mol. The van der Waals surface area contributed by atoms with Crippen molar-refractivity contribution >= 4 is 44.3 Å². The van der Waals surface area contributed by atoms with Crippen molar-refractivity contribution in [1.82, 2.24) is 9.88 Å². The van der Waals surface area contributed by atoms with E-state index < -0.39 is 5.97 Å². The Bertz CT molecular complexity index is 1100. The van der Waals surface area contributed by atoms with Crippen LogP contribution < -0.4 is 0 Å². The van der Waals surface area contributed by atoms with Crippen LogP contribution in [0, 0.1) is 0 Å². The predicted octanol–water partition coefficient (Wildman–Crippen LogP) is 4.53. The first-order chi connectivity index (χ1) is 13.6. The number of para-hydroxylation sites is 1. The number of nitrogens with one attached hydrogen (secondary N) is 1. The number of carbonyl (C=O) groups excluding carboxylic acids is 2. The van der Waals surface area contributed by atoms with Crippen LogP contribution in [0.25, 0.3) is 16.5 Å². The molecule has 2 heterocycles. The van der Waals surface area contributed by atoms with E-state index in [0.717, 1.165) is 26.6 Å². The Balaban J connectivity index is 1.80. The second-order valence-corrected chi connectivity index (χ2v) is 7.46. The molecule has 5 nitrogen and oxygen atoms in total. The van der Waals surface area contributed by atoms with Crippen molar-refractivity contribution in [3.8, 4) is 0 Å². The van der Waals surface area contributed by atoms with Crippen LogP contribution in [0.2, 0.25) is 0 Å². The zero-order chi connectivity index (χ0) is 19.7. The zero-order valence-corrected chi connectivity index (χ0v) is 17.0. The first-order valence-electron chi connectivity index (χ1n) is 9.14. The maximum Gasteiger partial charge on any atom is 0.341 e. The van der Waals surface area contributed by atoms with Gasteiger partial charge in [-0.15, -0.1) is 0 Å². The lowest BCUT2D eigenvalue weighted by Gasteiger charge is -2.18. The first kappa shape index (κ1) is 18.5. The molecule has 0 atom stereocenters. The van der Waals surface area contributed by atoms with Crippen LogP contribution in [0.1, 0.15) is 28.5 Å². The van der Waals surface area contributed by atoms with E-state index in [9.17, 15) is 9.59 Å². The van der Waals surface area contributed by atoms with Gasteiger partial charge in [-0.25, -0.2) is 4.79 Å². The fourth-order valence-corrected chi connectivity index (χ4v) is 3.92. The fourth-order valence-electron chi connectivity index (χ4n) is 3.52. The smallest absolute Gasteiger partial charge is 0.341 e. The van der Waals surface area contributed by atoms with Crippen molar-refractivity contribution in [1.29, 1.82) is 0 Å². The number of esters is 1. The fraction of sp³-hybridized carbons (Fsp3) is 0.182. The number of fused-ring (bicyclic) bond motifs is 3. The van der Waals surface area contributed by atoms with Gasteiger partial charge in [0.25, 0.3) is 5.91 Å². The summed E-state index contributed by atoms with van der Waals surface area (Å²) in [6.45, 7) is 2.51. The third kappa shape index (κ3) is 3.36. The number of hydrogen-bond acceptors (Lipinski definition) is 3. The number of aromatic nitrogens is 1. The number of nitrogens with zero attached hydrogens (tertiary/aromatic N) is 1. The van der Waals surface area contributed by atoms with Gasteiger partial charge in [0.1, 0.15) is 0 Å². The van der Waals surface area contributed by atoms with E-state index in [1.54, 1.807) is 30.2 Å². The monoisotopic (exact) mass is 438 g/mol. The van der Waals surface area contributed by atoms with Crippen LogP contribution in [0.5, 0.6) is 0 Å². The minimum Gasteiger partial charge on any atom is -0.462 e. The standard InChI is InChI=1S/C22H19BrN2O3/c1-2-28-22(27)18-13-25(21(26)14-6-5-7-15(23)12-14)11-10-17-16-8-3-4-9-19(16)24-20(17)18/h3-9,12-13,24H,2,10-11H2,1H3. The molecule has 0 fully saturated rings. The number of hydrogen-bond donors (Lipinski definition) is 1. The second kappa shape index (κ2) is 7.64. The van der Waals surface area contributed by atoms with E-state index in [1.165, 1.54) is 0 Å². The quantitative estimate of drug-likeness (QED) is 0.610. The normalized spacial score (nSPS) is 13.6. The molecule has 4 rings (SSSR count). The molecule has 1 aliphatic rings. The SMILES string of the molecule is CCOC(=O)C1=CN(C(=O)c2cccc(Br)c2)CCc2c1[nH]c1ccccc21. The highest BCUT2D eigenvalue weighted by Crippen LogP contribution is 2.31. The van der Waals surface area contributed by atoms with Crippen LogP contribution in [0.15, 0.2) is 59.2 Å². The molecule has 6 heteroatoms. The molecule has 0 radical (unpaired) electrons. The van der Waals surface area contributed by atoms with Crippen LogP contribution in [0.3, 0.4) is 0 Å². The lowest BCUT2D eigenvalue weighted by atomic mass is 10.0. The molecule has 0 saturated carbocycles. The molecule has 1 aromatic heterocycles. The van der Waals surface area contributed by atoms with Gasteiger partial charge in [0.2, 0.25) is 0 Å². The van der Waals surface area contributed by atoms with E-state index in [4.69, 9.17) is 4.74 Å². The van der Waals surface area contributed by atoms with Gasteiger partial charge in [-0.2, -0.15) is 0 Å². The molecular formula is C22H19BrN2O3. The lowest BCUT2D eigenvalue weighted by molar-refractivity contribution is -0.136. The Labute approximate surface area is 171 Å². The lowest BCUT2D eigenvalue weighted by Crippen LogP contribution is -2.28. The van der Waals surface area contributed by atoms with E-state index in [2.05, 4.69) is 20.9 Å². The minimum absolute atomic E-state index is 0.155. The first-order valence-corrected chi connectivity index (χ1v) is 9.93. The summed E-state index contributed by atoms with van der Waals surface area (Å²) in [7, 11) is 0. The number of halogens is 1. The molecule has 0 unspecified atom stereocenters. The number of amides is 1. The maximum absolute atomic E-state index is 13.1. The molecule has 142 valence electrons. The minimum atomic E-state index is -0.441. The summed E-state index contributed by atoms with van der Waals surface area (Å²) in [5, 5.41) is 1.06. The molecule has 1 amide bonds. The number of carbonyl (C=O) groups is 2. The van der Waals surface area contributed by atoms with Crippen LogP contribution in [-0.2, 0) is 16.0 Å². The highest BCUT2D eigenvalue weighted by atomic mass is 79.9. The average Bonchev–Trinajstić information content (AvgIpc) is 2.95. The van der Waals surface area contributed by atoms with Gasteiger partial charge in [0.15, 0.2) is 0 Å². The highest BCUT2D eigenvalue weighted by molar-refractivity contribution is 9.10. The summed E-state index contributed by atoms with van der Waals surface area (Å²) in [4.78, 5) is 30.7. The summed E-state index contributed by atoms with van der Waals surface area (Å²) >= 11 is 3.40. The Morgan fingerprint density at radius 2 is 2.00 bits per heavy atom. The van der Waals surface area contributed by atoms with Crippen molar-refractivity contribution < 1.29 is 14.3 Å². The summed E-state index contributed by atoms with van der Waals surface area (Å²) < 4.78 is 6.10. The van der Waals surface area contributed by atoms with E-state index in [0.29, 0.717) is 24.1 Å². The van der Waals surface area contributed by atoms with Crippen molar-refractivity contribution in [3.63, 3.8) is 0 Å². The van der Waals surface area contributed by atoms with Gasteiger partial charge < -0.3 is 14.6 Å². The van der Waals surface area contributed by atoms with Crippen molar-refractivity contribution in [2.45, 2.75) is 13.3 Å². The number of benzene rings is 2. The molecule has 0 spiro atoms. The van der Waals surface area contributed by atoms with E-state index in [-0.39, 0.29) is 12.5 Å².